The summed E-state index contributed by atoms with van der Waals surface area (Å²) < 4.78 is 26.8. The molecule has 4 aromatic rings. The number of carbonyl (C=O) groups is 2. The van der Waals surface area contributed by atoms with E-state index in [-0.39, 0.29) is 41.0 Å². The summed E-state index contributed by atoms with van der Waals surface area (Å²) in [6.45, 7) is 10.8. The van der Waals surface area contributed by atoms with Gasteiger partial charge in [0.15, 0.2) is 19.7 Å². The van der Waals surface area contributed by atoms with E-state index in [0.29, 0.717) is 29.9 Å². The van der Waals surface area contributed by atoms with Gasteiger partial charge in [-0.1, -0.05) is 81.4 Å². The smallest absolute Gasteiger partial charge is 0.265 e. The quantitative estimate of drug-likeness (QED) is 0.123. The zero-order valence-electron chi connectivity index (χ0n) is 33.0. The van der Waals surface area contributed by atoms with Gasteiger partial charge in [-0.15, -0.1) is 0 Å². The number of carbonyl (C=O) groups excluding carboxylic acids is 2. The molecule has 10 nitrogen and oxygen atoms in total. The number of benzene rings is 3. The zero-order valence-corrected chi connectivity index (χ0v) is 35.6. The van der Waals surface area contributed by atoms with Gasteiger partial charge < -0.3 is 28.4 Å². The largest absolute Gasteiger partial charge is 0.507 e. The molecule has 1 N–H and O–H groups in total. The number of fused-ring (bicyclic) bond motifs is 4. The van der Waals surface area contributed by atoms with Crippen molar-refractivity contribution in [1.82, 2.24) is 10.1 Å². The van der Waals surface area contributed by atoms with Crippen LogP contribution in [0.4, 0.5) is 5.69 Å². The molecule has 0 spiro atoms. The maximum absolute atomic E-state index is 15.8. The first-order valence-corrected chi connectivity index (χ1v) is 22.4. The Morgan fingerprint density at radius 1 is 0.927 bits per heavy atom. The van der Waals surface area contributed by atoms with Crippen molar-refractivity contribution in [3.05, 3.63) is 110 Å². The Morgan fingerprint density at radius 2 is 1.53 bits per heavy atom. The van der Waals surface area contributed by atoms with Crippen molar-refractivity contribution >= 4 is 47.3 Å². The lowest BCUT2D eigenvalue weighted by molar-refractivity contribution is -0.140. The van der Waals surface area contributed by atoms with E-state index in [1.165, 1.54) is 0 Å². The van der Waals surface area contributed by atoms with Crippen LogP contribution < -0.4 is 14.4 Å². The molecule has 7 rings (SSSR count). The number of anilines is 1. The molecule has 0 radical (unpaired) electrons. The van der Waals surface area contributed by atoms with Gasteiger partial charge in [0, 0.05) is 30.1 Å². The molecule has 290 valence electrons. The van der Waals surface area contributed by atoms with Crippen LogP contribution in [0.3, 0.4) is 0 Å². The highest BCUT2D eigenvalue weighted by Gasteiger charge is 2.69. The molecule has 1 saturated carbocycles. The first-order chi connectivity index (χ1) is 26.0. The van der Waals surface area contributed by atoms with E-state index in [2.05, 4.69) is 41.9 Å². The number of hydrogen-bond donors (Lipinski definition) is 1. The number of hydrogen-bond acceptors (Lipinski definition) is 10. The second kappa shape index (κ2) is 14.4. The Bertz CT molecular complexity index is 2160. The maximum atomic E-state index is 15.8. The van der Waals surface area contributed by atoms with Crippen molar-refractivity contribution in [2.75, 3.05) is 33.1 Å². The van der Waals surface area contributed by atoms with Gasteiger partial charge in [0.25, 0.3) is 5.88 Å². The van der Waals surface area contributed by atoms with Crippen LogP contribution in [0.2, 0.25) is 18.1 Å². The van der Waals surface area contributed by atoms with Crippen LogP contribution in [-0.4, -0.2) is 68.8 Å². The highest BCUT2D eigenvalue weighted by molar-refractivity contribution is 9.10. The average Bonchev–Trinajstić information content (AvgIpc) is 3.54. The fraction of sp³-hybridized carbons (Fsp3) is 0.419. The minimum Gasteiger partial charge on any atom is -0.507 e. The van der Waals surface area contributed by atoms with Crippen LogP contribution in [0.25, 0.3) is 5.76 Å². The van der Waals surface area contributed by atoms with Crippen molar-refractivity contribution in [3.63, 3.8) is 0 Å². The molecule has 4 atom stereocenters. The molecule has 55 heavy (non-hydrogen) atoms. The summed E-state index contributed by atoms with van der Waals surface area (Å²) in [4.78, 5) is 35.3. The number of aliphatic hydroxyl groups excluding tert-OH is 1. The fourth-order valence-electron chi connectivity index (χ4n) is 8.30. The van der Waals surface area contributed by atoms with Gasteiger partial charge in [-0.3, -0.25) is 14.5 Å². The van der Waals surface area contributed by atoms with Crippen molar-refractivity contribution in [2.24, 2.45) is 11.8 Å². The zero-order chi connectivity index (χ0) is 39.6. The van der Waals surface area contributed by atoms with Crippen molar-refractivity contribution in [2.45, 2.75) is 76.6 Å². The van der Waals surface area contributed by atoms with Crippen LogP contribution in [0.5, 0.6) is 11.6 Å². The van der Waals surface area contributed by atoms with Crippen LogP contribution in [0.1, 0.15) is 71.6 Å². The Morgan fingerprint density at radius 3 is 2.09 bits per heavy atom. The summed E-state index contributed by atoms with van der Waals surface area (Å²) in [5.41, 5.74) is 2.36. The SMILES string of the molecule is CN(C)c1c(Br)cc(OCc2ccccc2)c2c1C[C@H]1C[C@H]3[C@H](N(C)C)c4onc(OCc5ccccc5)c4C(=O)[C@@]3(O[Si](C)(C)C(C)(C)C)C(=O)C1=C2O. The number of nitrogens with zero attached hydrogens (tertiary/aromatic N) is 3. The molecule has 1 fully saturated rings. The number of ether oxygens (including phenoxy) is 2. The van der Waals surface area contributed by atoms with E-state index in [1.54, 1.807) is 0 Å². The van der Waals surface area contributed by atoms with Gasteiger partial charge in [-0.05, 0) is 94.8 Å². The van der Waals surface area contributed by atoms with Crippen molar-refractivity contribution in [1.29, 1.82) is 0 Å². The monoisotopic (exact) mass is 827 g/mol. The first-order valence-electron chi connectivity index (χ1n) is 18.7. The standard InChI is InChI=1S/C43H50BrN3O7Si/c1-42(2,3)55(8,9)54-43-29(36(47(6)7)38-34(40(43)50)41(45-53-38)52-24-26-18-14-11-15-19-26)21-27-20-28-33(37(48)32(27)39(43)49)31(22-30(44)35(28)46(4)5)51-23-25-16-12-10-13-17-25/h10-19,22,27,29,36,48H,20-21,23-24H2,1-9H3/t27-,29-,36-,43-/m0/s1. The predicted octanol–water partition coefficient (Wildman–Crippen LogP) is 8.95. The normalized spacial score (nSPS) is 22.2. The third-order valence-electron chi connectivity index (χ3n) is 11.9. The molecule has 3 aliphatic carbocycles. The Kier molecular flexibility index (Phi) is 10.2. The number of halogens is 1. The Balaban J connectivity index is 1.43. The van der Waals surface area contributed by atoms with Crippen LogP contribution in [-0.2, 0) is 28.9 Å². The first kappa shape index (κ1) is 39.0. The number of aromatic nitrogens is 1. The van der Waals surface area contributed by atoms with Crippen LogP contribution in [0, 0.1) is 11.8 Å². The van der Waals surface area contributed by atoms with Crippen molar-refractivity contribution in [3.8, 4) is 11.6 Å². The van der Waals surface area contributed by atoms with Crippen molar-refractivity contribution < 1.29 is 33.1 Å². The molecule has 1 heterocycles. The lowest BCUT2D eigenvalue weighted by Crippen LogP contribution is -2.68. The molecule has 3 aliphatic rings. The molecule has 0 amide bonds. The van der Waals surface area contributed by atoms with Gasteiger partial charge in [0.2, 0.25) is 11.6 Å². The maximum Gasteiger partial charge on any atom is 0.265 e. The fourth-order valence-corrected chi connectivity index (χ4v) is 10.6. The number of Topliss-reactive ketones (excluding diaryl/α,β-unsaturated/α-hetero) is 2. The van der Waals surface area contributed by atoms with Gasteiger partial charge >= 0.3 is 0 Å². The summed E-state index contributed by atoms with van der Waals surface area (Å²) in [5.74, 6) is -1.53. The highest BCUT2D eigenvalue weighted by Crippen LogP contribution is 2.60. The average molecular weight is 829 g/mol. The van der Waals surface area contributed by atoms with Gasteiger partial charge in [-0.25, -0.2) is 0 Å². The number of rotatable bonds is 10. The minimum absolute atomic E-state index is 0.0200. The molecule has 12 heteroatoms. The summed E-state index contributed by atoms with van der Waals surface area (Å²) in [5, 5.41) is 16.5. The predicted molar refractivity (Wildman–Crippen MR) is 218 cm³/mol. The van der Waals surface area contributed by atoms with Gasteiger partial charge in [0.05, 0.1) is 17.3 Å². The summed E-state index contributed by atoms with van der Waals surface area (Å²) in [6, 6.07) is 20.7. The Labute approximate surface area is 332 Å². The lowest BCUT2D eigenvalue weighted by atomic mass is 9.57. The minimum atomic E-state index is -2.88. The number of ketones is 2. The third kappa shape index (κ3) is 6.54. The van der Waals surface area contributed by atoms with Crippen LogP contribution in [0.15, 0.2) is 81.3 Å². The van der Waals surface area contributed by atoms with E-state index >= 15 is 9.59 Å². The van der Waals surface area contributed by atoms with E-state index in [0.717, 1.165) is 26.9 Å². The van der Waals surface area contributed by atoms with Crippen LogP contribution >= 0.6 is 15.9 Å². The van der Waals surface area contributed by atoms with E-state index in [4.69, 9.17) is 18.4 Å². The van der Waals surface area contributed by atoms with E-state index in [9.17, 15) is 5.11 Å². The number of aliphatic hydroxyl groups is 1. The second-order valence-electron chi connectivity index (χ2n) is 16.9. The summed E-state index contributed by atoms with van der Waals surface area (Å²) in [7, 11) is 4.85. The topological polar surface area (TPSA) is 115 Å². The highest BCUT2D eigenvalue weighted by atomic mass is 79.9. The molecular weight excluding hydrogens is 778 g/mol. The molecule has 1 aromatic heterocycles. The Hall–Kier alpha value is -4.23. The molecular formula is C43H50BrN3O7Si. The second-order valence-corrected chi connectivity index (χ2v) is 22.5. The summed E-state index contributed by atoms with van der Waals surface area (Å²) >= 11 is 3.79. The lowest BCUT2D eigenvalue weighted by Gasteiger charge is -2.55. The summed E-state index contributed by atoms with van der Waals surface area (Å²) in [6.07, 6.45) is 0.804. The van der Waals surface area contributed by atoms with Gasteiger partial charge in [-0.2, -0.15) is 0 Å². The molecule has 0 unspecified atom stereocenters. The molecule has 0 saturated heterocycles. The molecule has 0 aliphatic heterocycles. The van der Waals surface area contributed by atoms with E-state index in [1.807, 2.05) is 118 Å². The third-order valence-corrected chi connectivity index (χ3v) is 16.9. The molecule has 0 bridgehead atoms. The molecule has 3 aromatic carbocycles. The van der Waals surface area contributed by atoms with E-state index < -0.39 is 43.4 Å². The van der Waals surface area contributed by atoms with Gasteiger partial charge in [0.1, 0.15) is 30.3 Å².